The average Bonchev–Trinajstić information content (AvgIpc) is 2.92. The zero-order valence-electron chi connectivity index (χ0n) is 12.0. The monoisotopic (exact) mass is 308 g/mol. The molecule has 20 heavy (non-hydrogen) atoms. The van der Waals surface area contributed by atoms with Crippen LogP contribution in [-0.4, -0.2) is 25.5 Å². The molecule has 108 valence electrons. The Morgan fingerprint density at radius 3 is 2.85 bits per heavy atom. The maximum Gasteiger partial charge on any atom is 0.0409 e. The second-order valence-electron chi connectivity index (χ2n) is 5.05. The van der Waals surface area contributed by atoms with E-state index in [2.05, 4.69) is 40.2 Å². The second kappa shape index (κ2) is 7.79. The highest BCUT2D eigenvalue weighted by Crippen LogP contribution is 2.20. The molecule has 2 rings (SSSR count). The van der Waals surface area contributed by atoms with Crippen LogP contribution in [0, 0.1) is 0 Å². The lowest BCUT2D eigenvalue weighted by Crippen LogP contribution is -2.25. The van der Waals surface area contributed by atoms with Crippen LogP contribution in [0.25, 0.3) is 0 Å². The maximum absolute atomic E-state index is 6.07. The first kappa shape index (κ1) is 15.5. The van der Waals surface area contributed by atoms with Gasteiger partial charge in [0.15, 0.2) is 0 Å². The van der Waals surface area contributed by atoms with E-state index in [9.17, 15) is 0 Å². The molecule has 0 aliphatic carbocycles. The van der Waals surface area contributed by atoms with Gasteiger partial charge in [-0.15, -0.1) is 0 Å². The topological polar surface area (TPSA) is 15.3 Å². The predicted octanol–water partition coefficient (Wildman–Crippen LogP) is 4.18. The zero-order chi connectivity index (χ0) is 14.4. The number of benzene rings is 1. The minimum atomic E-state index is 0.346. The van der Waals surface area contributed by atoms with Crippen LogP contribution in [0.1, 0.15) is 23.6 Å². The van der Waals surface area contributed by atoms with E-state index in [0.717, 1.165) is 24.5 Å². The molecular weight excluding hydrogens is 288 g/mol. The Balaban J connectivity index is 1.87. The van der Waals surface area contributed by atoms with Crippen LogP contribution >= 0.6 is 22.9 Å². The first-order valence-corrected chi connectivity index (χ1v) is 8.13. The molecule has 0 saturated carbocycles. The summed E-state index contributed by atoms with van der Waals surface area (Å²) in [4.78, 5) is 2.36. The lowest BCUT2D eigenvalue weighted by molar-refractivity contribution is 0.304. The van der Waals surface area contributed by atoms with Crippen molar-refractivity contribution in [3.05, 3.63) is 57.2 Å². The molecule has 2 aromatic rings. The van der Waals surface area contributed by atoms with Gasteiger partial charge in [-0.05, 0) is 67.1 Å². The highest BCUT2D eigenvalue weighted by Gasteiger charge is 2.11. The van der Waals surface area contributed by atoms with Gasteiger partial charge >= 0.3 is 0 Å². The number of hydrogen-bond acceptors (Lipinski definition) is 3. The highest BCUT2D eigenvalue weighted by molar-refractivity contribution is 7.07. The highest BCUT2D eigenvalue weighted by atomic mass is 35.5. The molecule has 0 aliphatic rings. The van der Waals surface area contributed by atoms with Gasteiger partial charge in [-0.25, -0.2) is 0 Å². The molecule has 0 aliphatic heterocycles. The van der Waals surface area contributed by atoms with Crippen molar-refractivity contribution in [1.82, 2.24) is 10.2 Å². The second-order valence-corrected chi connectivity index (χ2v) is 6.27. The van der Waals surface area contributed by atoms with Crippen LogP contribution in [0.2, 0.25) is 5.02 Å². The maximum atomic E-state index is 6.07. The zero-order valence-corrected chi connectivity index (χ0v) is 13.5. The molecule has 2 nitrogen and oxygen atoms in total. The van der Waals surface area contributed by atoms with Crippen molar-refractivity contribution in [1.29, 1.82) is 0 Å². The molecule has 1 heterocycles. The Labute approximate surface area is 130 Å². The molecule has 1 N–H and O–H groups in total. The first-order valence-electron chi connectivity index (χ1n) is 6.81. The molecule has 0 amide bonds. The van der Waals surface area contributed by atoms with Gasteiger partial charge in [-0.3, -0.25) is 0 Å². The smallest absolute Gasteiger partial charge is 0.0409 e. The van der Waals surface area contributed by atoms with Gasteiger partial charge in [-0.2, -0.15) is 11.3 Å². The number of thiophene rings is 1. The van der Waals surface area contributed by atoms with Crippen molar-refractivity contribution in [2.24, 2.45) is 0 Å². The van der Waals surface area contributed by atoms with Gasteiger partial charge in [0, 0.05) is 17.6 Å². The van der Waals surface area contributed by atoms with E-state index in [0.29, 0.717) is 6.04 Å². The number of nitrogens with one attached hydrogen (secondary N) is 1. The van der Waals surface area contributed by atoms with Gasteiger partial charge in [0.1, 0.15) is 0 Å². The first-order chi connectivity index (χ1) is 9.69. The summed E-state index contributed by atoms with van der Waals surface area (Å²) < 4.78 is 0. The third-order valence-corrected chi connectivity index (χ3v) is 4.40. The third kappa shape index (κ3) is 4.60. The molecule has 0 saturated heterocycles. The van der Waals surface area contributed by atoms with E-state index in [1.807, 2.05) is 25.2 Å². The Kier molecular flexibility index (Phi) is 6.05. The summed E-state index contributed by atoms with van der Waals surface area (Å²) in [6, 6.07) is 10.6. The molecule has 1 aromatic heterocycles. The minimum absolute atomic E-state index is 0.346. The molecule has 0 fully saturated rings. The summed E-state index contributed by atoms with van der Waals surface area (Å²) in [5.41, 5.74) is 2.64. The fraction of sp³-hybridized carbons (Fsp3) is 0.375. The van der Waals surface area contributed by atoms with Crippen LogP contribution in [0.15, 0.2) is 41.1 Å². The number of nitrogens with zero attached hydrogens (tertiary/aromatic N) is 1. The van der Waals surface area contributed by atoms with Crippen molar-refractivity contribution in [2.45, 2.75) is 19.0 Å². The van der Waals surface area contributed by atoms with Gasteiger partial charge in [0.25, 0.3) is 0 Å². The molecule has 4 heteroatoms. The van der Waals surface area contributed by atoms with E-state index in [1.165, 1.54) is 11.1 Å². The largest absolute Gasteiger partial charge is 0.313 e. The van der Waals surface area contributed by atoms with Crippen molar-refractivity contribution >= 4 is 22.9 Å². The van der Waals surface area contributed by atoms with E-state index in [4.69, 9.17) is 11.6 Å². The van der Waals surface area contributed by atoms with Crippen LogP contribution in [0.5, 0.6) is 0 Å². The molecule has 0 spiro atoms. The lowest BCUT2D eigenvalue weighted by atomic mass is 10.0. The van der Waals surface area contributed by atoms with Crippen molar-refractivity contribution in [3.8, 4) is 0 Å². The number of hydrogen-bond donors (Lipinski definition) is 1. The summed E-state index contributed by atoms with van der Waals surface area (Å²) in [5, 5.41) is 8.52. The average molecular weight is 309 g/mol. The van der Waals surface area contributed by atoms with Crippen molar-refractivity contribution in [2.75, 3.05) is 20.6 Å². The van der Waals surface area contributed by atoms with Gasteiger partial charge in [0.2, 0.25) is 0 Å². The summed E-state index contributed by atoms with van der Waals surface area (Å²) in [5.74, 6) is 0. The van der Waals surface area contributed by atoms with E-state index in [-0.39, 0.29) is 0 Å². The predicted molar refractivity (Wildman–Crippen MR) is 88.5 cm³/mol. The Morgan fingerprint density at radius 2 is 2.20 bits per heavy atom. The van der Waals surface area contributed by atoms with E-state index in [1.54, 1.807) is 11.3 Å². The van der Waals surface area contributed by atoms with Gasteiger partial charge < -0.3 is 10.2 Å². The third-order valence-electron chi connectivity index (χ3n) is 3.43. The molecule has 0 bridgehead atoms. The summed E-state index contributed by atoms with van der Waals surface area (Å²) in [6.45, 7) is 2.06. The minimum Gasteiger partial charge on any atom is -0.313 e. The quantitative estimate of drug-likeness (QED) is 0.825. The number of halogens is 1. The van der Waals surface area contributed by atoms with Gasteiger partial charge in [-0.1, -0.05) is 23.7 Å². The SMILES string of the molecule is CNC(CCN(C)Cc1ccsc1)c1cccc(Cl)c1. The van der Waals surface area contributed by atoms with E-state index < -0.39 is 0 Å². The van der Waals surface area contributed by atoms with Crippen LogP contribution < -0.4 is 5.32 Å². The Morgan fingerprint density at radius 1 is 1.35 bits per heavy atom. The van der Waals surface area contributed by atoms with Crippen molar-refractivity contribution in [3.63, 3.8) is 0 Å². The lowest BCUT2D eigenvalue weighted by Gasteiger charge is -2.21. The molecule has 1 atom stereocenters. The fourth-order valence-electron chi connectivity index (χ4n) is 2.32. The van der Waals surface area contributed by atoms with Crippen LogP contribution in [0.4, 0.5) is 0 Å². The van der Waals surface area contributed by atoms with Crippen molar-refractivity contribution < 1.29 is 0 Å². The van der Waals surface area contributed by atoms with Crippen LogP contribution in [0.3, 0.4) is 0 Å². The Bertz CT molecular complexity index is 513. The summed E-state index contributed by atoms with van der Waals surface area (Å²) >= 11 is 7.82. The van der Waals surface area contributed by atoms with Gasteiger partial charge in [0.05, 0.1) is 0 Å². The standard InChI is InChI=1S/C16H21ClN2S/c1-18-16(14-4-3-5-15(17)10-14)6-8-19(2)11-13-7-9-20-12-13/h3-5,7,9-10,12,16,18H,6,8,11H2,1-2H3. The summed E-state index contributed by atoms with van der Waals surface area (Å²) in [7, 11) is 4.17. The Hall–Kier alpha value is -0.870. The molecule has 1 unspecified atom stereocenters. The number of rotatable bonds is 7. The normalized spacial score (nSPS) is 12.8. The summed E-state index contributed by atoms with van der Waals surface area (Å²) in [6.07, 6.45) is 1.07. The fourth-order valence-corrected chi connectivity index (χ4v) is 3.18. The molecule has 1 aromatic carbocycles. The molecule has 0 radical (unpaired) electrons. The molecular formula is C16H21ClN2S. The van der Waals surface area contributed by atoms with E-state index >= 15 is 0 Å². The van der Waals surface area contributed by atoms with Crippen LogP contribution in [-0.2, 0) is 6.54 Å².